The van der Waals surface area contributed by atoms with Crippen molar-refractivity contribution in [2.45, 2.75) is 40.2 Å². The molecule has 15 heavy (non-hydrogen) atoms. The zero-order valence-electron chi connectivity index (χ0n) is 9.46. The fourth-order valence-electron chi connectivity index (χ4n) is 1.51. The van der Waals surface area contributed by atoms with Crippen molar-refractivity contribution in [1.82, 2.24) is 9.78 Å². The number of aromatic nitrogens is 2. The zero-order chi connectivity index (χ0) is 11.4. The van der Waals surface area contributed by atoms with Gasteiger partial charge in [0.1, 0.15) is 5.15 Å². The van der Waals surface area contributed by atoms with Crippen LogP contribution in [0.15, 0.2) is 0 Å². The van der Waals surface area contributed by atoms with E-state index in [9.17, 15) is 4.79 Å². The van der Waals surface area contributed by atoms with Gasteiger partial charge in [-0.1, -0.05) is 38.8 Å². The van der Waals surface area contributed by atoms with E-state index in [1.807, 2.05) is 0 Å². The van der Waals surface area contributed by atoms with Crippen molar-refractivity contribution in [2.24, 2.45) is 5.92 Å². The number of hydrogen-bond donors (Lipinski definition) is 0. The summed E-state index contributed by atoms with van der Waals surface area (Å²) in [6, 6.07) is 0. The third kappa shape index (κ3) is 2.81. The summed E-state index contributed by atoms with van der Waals surface area (Å²) in [5.74, 6) is 0.469. The molecular weight excluding hydrogens is 212 g/mol. The minimum absolute atomic E-state index is 0.469. The average molecular weight is 229 g/mol. The topological polar surface area (TPSA) is 34.9 Å². The van der Waals surface area contributed by atoms with Crippen molar-refractivity contribution >= 4 is 17.9 Å². The van der Waals surface area contributed by atoms with Gasteiger partial charge in [-0.3, -0.25) is 9.48 Å². The molecule has 0 radical (unpaired) electrons. The summed E-state index contributed by atoms with van der Waals surface area (Å²) >= 11 is 6.08. The maximum Gasteiger partial charge on any atom is 0.155 e. The average Bonchev–Trinajstić information content (AvgIpc) is 2.43. The van der Waals surface area contributed by atoms with Gasteiger partial charge in [-0.25, -0.2) is 0 Å². The van der Waals surface area contributed by atoms with Crippen LogP contribution in [0, 0.1) is 5.92 Å². The number of aldehydes is 1. The summed E-state index contributed by atoms with van der Waals surface area (Å²) in [4.78, 5) is 10.9. The molecule has 1 aromatic rings. The molecule has 0 bridgehead atoms. The predicted molar refractivity (Wildman–Crippen MR) is 61.5 cm³/mol. The third-order valence-corrected chi connectivity index (χ3v) is 2.54. The van der Waals surface area contributed by atoms with E-state index in [0.29, 0.717) is 16.6 Å². The molecule has 4 heteroatoms. The first-order valence-electron chi connectivity index (χ1n) is 5.30. The Balaban J connectivity index is 3.03. The maximum absolute atomic E-state index is 10.9. The van der Waals surface area contributed by atoms with E-state index in [1.54, 1.807) is 4.68 Å². The molecule has 1 heterocycles. The van der Waals surface area contributed by atoms with Crippen LogP contribution >= 0.6 is 11.6 Å². The van der Waals surface area contributed by atoms with Gasteiger partial charge in [0.25, 0.3) is 0 Å². The predicted octanol–water partition coefficient (Wildman–Crippen LogP) is 2.96. The molecule has 0 aromatic carbocycles. The van der Waals surface area contributed by atoms with E-state index >= 15 is 0 Å². The Morgan fingerprint density at radius 1 is 1.53 bits per heavy atom. The summed E-state index contributed by atoms with van der Waals surface area (Å²) in [5.41, 5.74) is 1.37. The smallest absolute Gasteiger partial charge is 0.155 e. The van der Waals surface area contributed by atoms with Crippen molar-refractivity contribution in [3.8, 4) is 0 Å². The molecule has 1 aromatic heterocycles. The summed E-state index contributed by atoms with van der Waals surface area (Å²) < 4.78 is 1.72. The van der Waals surface area contributed by atoms with Gasteiger partial charge < -0.3 is 0 Å². The number of halogens is 1. The van der Waals surface area contributed by atoms with E-state index in [0.717, 1.165) is 31.4 Å². The number of hydrogen-bond acceptors (Lipinski definition) is 2. The van der Waals surface area contributed by atoms with E-state index in [-0.39, 0.29) is 0 Å². The van der Waals surface area contributed by atoms with E-state index < -0.39 is 0 Å². The molecule has 3 nitrogen and oxygen atoms in total. The zero-order valence-corrected chi connectivity index (χ0v) is 10.2. The number of rotatable bonds is 5. The van der Waals surface area contributed by atoms with Crippen LogP contribution in [0.25, 0.3) is 0 Å². The molecule has 0 aliphatic carbocycles. The minimum Gasteiger partial charge on any atom is -0.298 e. The number of nitrogens with zero attached hydrogens (tertiary/aromatic N) is 2. The fraction of sp³-hybridized carbons (Fsp3) is 0.636. The summed E-state index contributed by atoms with van der Waals surface area (Å²) in [7, 11) is 0. The standard InChI is InChI=1S/C11H17ClN2O/c1-4-5-10-9(7-15)11(12)14(13-10)6-8(2)3/h7-8H,4-6H2,1-3H3. The van der Waals surface area contributed by atoms with Crippen molar-refractivity contribution in [3.05, 3.63) is 16.4 Å². The molecule has 0 amide bonds. The van der Waals surface area contributed by atoms with Gasteiger partial charge in [0.15, 0.2) is 6.29 Å². The van der Waals surface area contributed by atoms with E-state index in [1.165, 1.54) is 0 Å². The van der Waals surface area contributed by atoms with Crippen molar-refractivity contribution in [2.75, 3.05) is 0 Å². The van der Waals surface area contributed by atoms with Gasteiger partial charge in [0, 0.05) is 6.54 Å². The Bertz CT molecular complexity index is 345. The maximum atomic E-state index is 10.9. The molecule has 0 saturated heterocycles. The normalized spacial score (nSPS) is 11.0. The molecule has 0 aliphatic heterocycles. The van der Waals surface area contributed by atoms with Gasteiger partial charge >= 0.3 is 0 Å². The van der Waals surface area contributed by atoms with Gasteiger partial charge in [-0.15, -0.1) is 0 Å². The molecule has 0 unspecified atom stereocenters. The Kier molecular flexibility index (Phi) is 4.33. The molecule has 0 saturated carbocycles. The summed E-state index contributed by atoms with van der Waals surface area (Å²) in [6.07, 6.45) is 2.58. The highest BCUT2D eigenvalue weighted by Crippen LogP contribution is 2.20. The first-order valence-corrected chi connectivity index (χ1v) is 5.68. The molecule has 0 aliphatic rings. The third-order valence-electron chi connectivity index (χ3n) is 2.14. The monoisotopic (exact) mass is 228 g/mol. The Morgan fingerprint density at radius 2 is 2.20 bits per heavy atom. The number of aryl methyl sites for hydroxylation is 1. The van der Waals surface area contributed by atoms with Crippen LogP contribution in [-0.2, 0) is 13.0 Å². The number of carbonyl (C=O) groups is 1. The summed E-state index contributed by atoms with van der Waals surface area (Å²) in [6.45, 7) is 7.00. The van der Waals surface area contributed by atoms with E-state index in [2.05, 4.69) is 25.9 Å². The molecule has 1 rings (SSSR count). The SMILES string of the molecule is CCCc1nn(CC(C)C)c(Cl)c1C=O. The molecule has 84 valence electrons. The second-order valence-corrected chi connectivity index (χ2v) is 4.45. The first kappa shape index (κ1) is 12.2. The largest absolute Gasteiger partial charge is 0.298 e. The van der Waals surface area contributed by atoms with Gasteiger partial charge in [0.2, 0.25) is 0 Å². The van der Waals surface area contributed by atoms with Gasteiger partial charge in [-0.05, 0) is 12.3 Å². The van der Waals surface area contributed by atoms with Crippen LogP contribution in [0.2, 0.25) is 5.15 Å². The highest BCUT2D eigenvalue weighted by molar-refractivity contribution is 6.32. The molecule has 0 spiro atoms. The van der Waals surface area contributed by atoms with Crippen LogP contribution in [0.4, 0.5) is 0 Å². The second kappa shape index (κ2) is 5.31. The number of carbonyl (C=O) groups excluding carboxylic acids is 1. The fourth-order valence-corrected chi connectivity index (χ4v) is 1.77. The molecule has 0 fully saturated rings. The first-order chi connectivity index (χ1) is 7.10. The van der Waals surface area contributed by atoms with Crippen molar-refractivity contribution < 1.29 is 4.79 Å². The Labute approximate surface area is 95.4 Å². The molecule has 0 atom stereocenters. The van der Waals surface area contributed by atoms with Crippen LogP contribution in [0.3, 0.4) is 0 Å². The van der Waals surface area contributed by atoms with Gasteiger partial charge in [-0.2, -0.15) is 5.10 Å². The second-order valence-electron chi connectivity index (χ2n) is 4.09. The van der Waals surface area contributed by atoms with Crippen LogP contribution < -0.4 is 0 Å². The lowest BCUT2D eigenvalue weighted by Crippen LogP contribution is -2.06. The highest BCUT2D eigenvalue weighted by Gasteiger charge is 2.15. The van der Waals surface area contributed by atoms with Crippen LogP contribution in [-0.4, -0.2) is 16.1 Å². The van der Waals surface area contributed by atoms with Crippen molar-refractivity contribution in [3.63, 3.8) is 0 Å². The minimum atomic E-state index is 0.469. The molecular formula is C11H17ClN2O. The summed E-state index contributed by atoms with van der Waals surface area (Å²) in [5, 5.41) is 4.84. The lowest BCUT2D eigenvalue weighted by Gasteiger charge is -2.05. The van der Waals surface area contributed by atoms with Crippen LogP contribution in [0.1, 0.15) is 43.2 Å². The Hall–Kier alpha value is -0.830. The van der Waals surface area contributed by atoms with Crippen molar-refractivity contribution in [1.29, 1.82) is 0 Å². The van der Waals surface area contributed by atoms with Crippen LogP contribution in [0.5, 0.6) is 0 Å². The Morgan fingerprint density at radius 3 is 2.67 bits per heavy atom. The lowest BCUT2D eigenvalue weighted by molar-refractivity contribution is 0.112. The molecule has 0 N–H and O–H groups in total. The highest BCUT2D eigenvalue weighted by atomic mass is 35.5. The quantitative estimate of drug-likeness (QED) is 0.727. The lowest BCUT2D eigenvalue weighted by atomic mass is 10.2. The van der Waals surface area contributed by atoms with Gasteiger partial charge in [0.05, 0.1) is 11.3 Å². The van der Waals surface area contributed by atoms with E-state index in [4.69, 9.17) is 11.6 Å².